The lowest BCUT2D eigenvalue weighted by molar-refractivity contribution is -0.138. The molecule has 0 fully saturated rings. The molecule has 0 bridgehead atoms. The molecule has 12 heteroatoms. The molecule has 1 amide bonds. The van der Waals surface area contributed by atoms with Crippen LogP contribution in [-0.2, 0) is 0 Å². The summed E-state index contributed by atoms with van der Waals surface area (Å²) in [5.74, 6) is 0.520. The average Bonchev–Trinajstić information content (AvgIpc) is 3.57. The molecule has 3 N–H and O–H groups in total. The van der Waals surface area contributed by atoms with E-state index in [4.69, 9.17) is 4.74 Å². The van der Waals surface area contributed by atoms with Crippen molar-refractivity contribution in [2.24, 2.45) is 0 Å². The van der Waals surface area contributed by atoms with E-state index in [1.165, 1.54) is 13.2 Å². The number of hydrogen-bond acceptors (Lipinski definition) is 6. The first-order valence-corrected chi connectivity index (χ1v) is 11.4. The zero-order chi connectivity index (χ0) is 26.9. The number of halogens is 3. The van der Waals surface area contributed by atoms with Gasteiger partial charge >= 0.3 is 6.18 Å². The first kappa shape index (κ1) is 24.8. The van der Waals surface area contributed by atoms with Gasteiger partial charge in [0.25, 0.3) is 5.91 Å². The van der Waals surface area contributed by atoms with Crippen molar-refractivity contribution >= 4 is 28.3 Å². The zero-order valence-corrected chi connectivity index (χ0v) is 20.3. The second-order valence-electron chi connectivity index (χ2n) is 8.56. The van der Waals surface area contributed by atoms with E-state index in [-0.39, 0.29) is 5.69 Å². The largest absolute Gasteiger partial charge is 0.491 e. The number of alkyl halides is 3. The Labute approximate surface area is 214 Å². The van der Waals surface area contributed by atoms with Crippen LogP contribution in [0, 0.1) is 0 Å². The molecule has 5 aromatic rings. The highest BCUT2D eigenvalue weighted by Gasteiger charge is 2.32. The number of benzene rings is 2. The Kier molecular flexibility index (Phi) is 6.45. The van der Waals surface area contributed by atoms with Crippen LogP contribution in [0.2, 0.25) is 0 Å². The van der Waals surface area contributed by atoms with E-state index in [1.807, 2.05) is 30.5 Å². The maximum absolute atomic E-state index is 12.7. The number of anilines is 2. The van der Waals surface area contributed by atoms with Crippen molar-refractivity contribution in [2.75, 3.05) is 26.0 Å². The smallest absolute Gasteiger partial charge is 0.406 e. The van der Waals surface area contributed by atoms with Gasteiger partial charge in [-0.1, -0.05) is 24.3 Å². The monoisotopic (exact) mass is 521 g/mol. The number of nitrogens with one attached hydrogen (secondary N) is 3. The summed E-state index contributed by atoms with van der Waals surface area (Å²) in [6, 6.07) is 14.5. The molecule has 0 aliphatic carbocycles. The summed E-state index contributed by atoms with van der Waals surface area (Å²) in [5, 5.41) is 10.7. The van der Waals surface area contributed by atoms with Gasteiger partial charge in [-0.05, 0) is 29.8 Å². The van der Waals surface area contributed by atoms with Crippen molar-refractivity contribution in [3.63, 3.8) is 0 Å². The van der Waals surface area contributed by atoms with E-state index in [0.717, 1.165) is 23.9 Å². The molecule has 38 heavy (non-hydrogen) atoms. The number of hydrogen-bond donors (Lipinski definition) is 3. The first-order chi connectivity index (χ1) is 18.2. The van der Waals surface area contributed by atoms with Crippen molar-refractivity contribution < 1.29 is 22.7 Å². The van der Waals surface area contributed by atoms with Crippen molar-refractivity contribution in [3.8, 4) is 28.3 Å². The summed E-state index contributed by atoms with van der Waals surface area (Å²) in [7, 11) is 2.63. The van der Waals surface area contributed by atoms with Gasteiger partial charge in [-0.15, -0.1) is 0 Å². The highest BCUT2D eigenvalue weighted by molar-refractivity contribution is 5.98. The minimum Gasteiger partial charge on any atom is -0.491 e. The molecular formula is C26H22F3N7O2. The molecule has 0 spiro atoms. The van der Waals surface area contributed by atoms with Crippen LogP contribution in [0.25, 0.3) is 33.4 Å². The van der Waals surface area contributed by atoms with Gasteiger partial charge in [0, 0.05) is 41.0 Å². The number of methoxy groups -OCH3 is 1. The Morgan fingerprint density at radius 2 is 1.82 bits per heavy atom. The number of fused-ring (bicyclic) bond motifs is 1. The van der Waals surface area contributed by atoms with E-state index in [9.17, 15) is 18.0 Å². The van der Waals surface area contributed by atoms with Gasteiger partial charge in [0.1, 0.15) is 12.2 Å². The van der Waals surface area contributed by atoms with Gasteiger partial charge in [-0.25, -0.2) is 9.97 Å². The number of ether oxygens (including phenoxy) is 1. The van der Waals surface area contributed by atoms with Crippen LogP contribution in [0.5, 0.6) is 5.75 Å². The predicted molar refractivity (Wildman–Crippen MR) is 136 cm³/mol. The summed E-state index contributed by atoms with van der Waals surface area (Å²) < 4.78 is 43.5. The fourth-order valence-corrected chi connectivity index (χ4v) is 3.97. The van der Waals surface area contributed by atoms with Gasteiger partial charge in [-0.2, -0.15) is 18.3 Å². The van der Waals surface area contributed by atoms with Crippen molar-refractivity contribution in [1.29, 1.82) is 0 Å². The predicted octanol–water partition coefficient (Wildman–Crippen LogP) is 5.40. The topological polar surface area (TPSA) is 112 Å². The number of aromatic nitrogens is 5. The van der Waals surface area contributed by atoms with Crippen molar-refractivity contribution in [1.82, 2.24) is 30.0 Å². The van der Waals surface area contributed by atoms with Crippen LogP contribution in [0.1, 0.15) is 10.5 Å². The summed E-state index contributed by atoms with van der Waals surface area (Å²) in [6.07, 6.45) is 0.610. The van der Waals surface area contributed by atoms with E-state index in [1.54, 1.807) is 30.6 Å². The third-order valence-corrected chi connectivity index (χ3v) is 5.83. The summed E-state index contributed by atoms with van der Waals surface area (Å²) in [6.45, 7) is -1.34. The maximum Gasteiger partial charge on any atom is 0.406 e. The standard InChI is InChI=1S/C26H22F3N7O2/c1-36(14-26(27,28)29)25(37)21-9-16-3-4-17(10-20(16)34-21)23-30-13-22(38-2)24(35-23)33-19-7-5-15(6-8-19)18-11-31-32-12-18/h3-13,34H,14H2,1-2H3,(H,31,32)(H,30,33,35). The van der Waals surface area contributed by atoms with E-state index < -0.39 is 18.6 Å². The molecular weight excluding hydrogens is 499 g/mol. The lowest BCUT2D eigenvalue weighted by Crippen LogP contribution is -2.35. The SMILES string of the molecule is COc1cnc(-c2ccc3cc(C(=O)N(C)CC(F)(F)F)[nH]c3c2)nc1Nc1ccc(-c2cn[nH]c2)cc1. The van der Waals surface area contributed by atoms with Gasteiger partial charge in [0.2, 0.25) is 0 Å². The Morgan fingerprint density at radius 3 is 2.50 bits per heavy atom. The second kappa shape index (κ2) is 9.88. The van der Waals surface area contributed by atoms with Crippen molar-refractivity contribution in [2.45, 2.75) is 6.18 Å². The fourth-order valence-electron chi connectivity index (χ4n) is 3.97. The third kappa shape index (κ3) is 5.28. The molecule has 0 aliphatic rings. The highest BCUT2D eigenvalue weighted by atomic mass is 19.4. The molecule has 3 aromatic heterocycles. The van der Waals surface area contributed by atoms with Gasteiger partial charge in [-0.3, -0.25) is 9.89 Å². The number of amides is 1. The van der Waals surface area contributed by atoms with Crippen LogP contribution >= 0.6 is 0 Å². The van der Waals surface area contributed by atoms with Gasteiger partial charge in [0.05, 0.1) is 19.5 Å². The zero-order valence-electron chi connectivity index (χ0n) is 20.3. The Balaban J connectivity index is 1.40. The van der Waals surface area contributed by atoms with Crippen LogP contribution in [0.3, 0.4) is 0 Å². The first-order valence-electron chi connectivity index (χ1n) is 11.4. The minimum atomic E-state index is -4.48. The van der Waals surface area contributed by atoms with Crippen LogP contribution in [0.4, 0.5) is 24.7 Å². The Morgan fingerprint density at radius 1 is 1.05 bits per heavy atom. The molecule has 0 atom stereocenters. The van der Waals surface area contributed by atoms with Crippen molar-refractivity contribution in [3.05, 3.63) is 72.8 Å². The van der Waals surface area contributed by atoms with Gasteiger partial charge in [0.15, 0.2) is 17.4 Å². The molecule has 9 nitrogen and oxygen atoms in total. The highest BCUT2D eigenvalue weighted by Crippen LogP contribution is 2.30. The normalized spacial score (nSPS) is 11.5. The molecule has 194 valence electrons. The molecule has 0 aliphatic heterocycles. The number of rotatable bonds is 7. The van der Waals surface area contributed by atoms with Crippen LogP contribution in [-0.4, -0.2) is 62.8 Å². The lowest BCUT2D eigenvalue weighted by Gasteiger charge is -2.17. The molecule has 0 unspecified atom stereocenters. The lowest BCUT2D eigenvalue weighted by atomic mass is 10.1. The van der Waals surface area contributed by atoms with E-state index in [2.05, 4.69) is 30.5 Å². The number of nitrogens with zero attached hydrogens (tertiary/aromatic N) is 4. The second-order valence-corrected chi connectivity index (χ2v) is 8.56. The molecule has 0 radical (unpaired) electrons. The molecule has 0 saturated carbocycles. The maximum atomic E-state index is 12.7. The quantitative estimate of drug-likeness (QED) is 0.264. The van der Waals surface area contributed by atoms with Crippen LogP contribution in [0.15, 0.2) is 67.1 Å². The summed E-state index contributed by atoms with van der Waals surface area (Å²) in [4.78, 5) is 25.0. The van der Waals surface area contributed by atoms with Gasteiger partial charge < -0.3 is 19.9 Å². The Bertz CT molecular complexity index is 1580. The fraction of sp³-hybridized carbons (Fsp3) is 0.154. The minimum absolute atomic E-state index is 0.0563. The van der Waals surface area contributed by atoms with Crippen LogP contribution < -0.4 is 10.1 Å². The van der Waals surface area contributed by atoms with E-state index in [0.29, 0.717) is 38.8 Å². The number of carbonyl (C=O) groups is 1. The number of H-pyrrole nitrogens is 2. The third-order valence-electron chi connectivity index (χ3n) is 5.83. The average molecular weight is 522 g/mol. The molecule has 2 aromatic carbocycles. The summed E-state index contributed by atoms with van der Waals surface area (Å²) >= 11 is 0. The summed E-state index contributed by atoms with van der Waals surface area (Å²) in [5.41, 5.74) is 4.02. The number of aromatic amines is 2. The van der Waals surface area contributed by atoms with E-state index >= 15 is 0 Å². The molecule has 5 rings (SSSR count). The number of carbonyl (C=O) groups excluding carboxylic acids is 1. The molecule has 3 heterocycles. The Hall–Kier alpha value is -4.87. The molecule has 0 saturated heterocycles.